The molecular formula is C9H7ClF2INO2. The number of esters is 1. The molecule has 0 atom stereocenters. The zero-order valence-corrected chi connectivity index (χ0v) is 11.1. The summed E-state index contributed by atoms with van der Waals surface area (Å²) in [5, 5.41) is -0.183. The van der Waals surface area contributed by atoms with Crippen LogP contribution in [0.3, 0.4) is 0 Å². The third-order valence-corrected chi connectivity index (χ3v) is 2.53. The summed E-state index contributed by atoms with van der Waals surface area (Å²) in [5.74, 6) is -0.891. The average Bonchev–Trinajstić information content (AvgIpc) is 2.15. The van der Waals surface area contributed by atoms with Crippen LogP contribution in [0.4, 0.5) is 8.78 Å². The van der Waals surface area contributed by atoms with Crippen LogP contribution in [0.5, 0.6) is 0 Å². The van der Waals surface area contributed by atoms with Crippen molar-refractivity contribution in [3.8, 4) is 0 Å². The van der Waals surface area contributed by atoms with E-state index in [1.165, 1.54) is 6.07 Å². The summed E-state index contributed by atoms with van der Waals surface area (Å²) in [5.41, 5.74) is -1.01. The molecule has 0 saturated carbocycles. The molecule has 0 radical (unpaired) electrons. The van der Waals surface area contributed by atoms with Gasteiger partial charge in [0.2, 0.25) is 0 Å². The second-order valence-electron chi connectivity index (χ2n) is 2.71. The van der Waals surface area contributed by atoms with Gasteiger partial charge in [0.1, 0.15) is 3.70 Å². The van der Waals surface area contributed by atoms with Crippen molar-refractivity contribution < 1.29 is 18.3 Å². The lowest BCUT2D eigenvalue weighted by Gasteiger charge is -2.09. The number of pyridine rings is 1. The second-order valence-corrected chi connectivity index (χ2v) is 4.22. The van der Waals surface area contributed by atoms with Gasteiger partial charge in [-0.2, -0.15) is 0 Å². The maximum Gasteiger partial charge on any atom is 0.357 e. The van der Waals surface area contributed by atoms with E-state index in [-0.39, 0.29) is 11.6 Å². The molecule has 1 heterocycles. The lowest BCUT2D eigenvalue weighted by Crippen LogP contribution is -2.12. The van der Waals surface area contributed by atoms with E-state index in [4.69, 9.17) is 11.6 Å². The number of carbonyl (C=O) groups excluding carboxylic acids is 1. The van der Waals surface area contributed by atoms with E-state index in [2.05, 4.69) is 9.72 Å². The monoisotopic (exact) mass is 361 g/mol. The first-order valence-corrected chi connectivity index (χ1v) is 5.74. The summed E-state index contributed by atoms with van der Waals surface area (Å²) < 4.78 is 30.4. The molecule has 1 aromatic rings. The fourth-order valence-electron chi connectivity index (χ4n) is 1.06. The Balaban J connectivity index is 3.29. The fourth-order valence-corrected chi connectivity index (χ4v) is 2.07. The normalized spacial score (nSPS) is 10.6. The van der Waals surface area contributed by atoms with Gasteiger partial charge in [0.25, 0.3) is 6.43 Å². The molecule has 0 aliphatic heterocycles. The number of alkyl halides is 2. The molecule has 0 spiro atoms. The van der Waals surface area contributed by atoms with Gasteiger partial charge in [-0.3, -0.25) is 0 Å². The van der Waals surface area contributed by atoms with Gasteiger partial charge < -0.3 is 4.74 Å². The van der Waals surface area contributed by atoms with E-state index >= 15 is 0 Å². The Bertz CT molecular complexity index is 415. The van der Waals surface area contributed by atoms with Gasteiger partial charge in [0.05, 0.1) is 17.2 Å². The van der Waals surface area contributed by atoms with Crippen LogP contribution in [0.25, 0.3) is 0 Å². The number of hydrogen-bond donors (Lipinski definition) is 0. The van der Waals surface area contributed by atoms with Crippen molar-refractivity contribution >= 4 is 40.2 Å². The third kappa shape index (κ3) is 3.00. The molecule has 0 aliphatic carbocycles. The van der Waals surface area contributed by atoms with Gasteiger partial charge in [-0.1, -0.05) is 11.6 Å². The Hall–Kier alpha value is -0.500. The molecular weight excluding hydrogens is 354 g/mol. The maximum absolute atomic E-state index is 12.7. The van der Waals surface area contributed by atoms with E-state index in [0.717, 1.165) is 0 Å². The molecule has 0 saturated heterocycles. The number of hydrogen-bond acceptors (Lipinski definition) is 3. The van der Waals surface area contributed by atoms with Gasteiger partial charge in [-0.25, -0.2) is 18.6 Å². The molecule has 0 N–H and O–H groups in total. The maximum atomic E-state index is 12.7. The Morgan fingerprint density at radius 2 is 2.31 bits per heavy atom. The molecule has 0 aliphatic rings. The minimum Gasteiger partial charge on any atom is -0.461 e. The van der Waals surface area contributed by atoms with Crippen LogP contribution in [-0.4, -0.2) is 17.6 Å². The van der Waals surface area contributed by atoms with Crippen LogP contribution in [0.2, 0.25) is 5.02 Å². The summed E-state index contributed by atoms with van der Waals surface area (Å²) in [4.78, 5) is 15.1. The van der Waals surface area contributed by atoms with Gasteiger partial charge >= 0.3 is 5.97 Å². The molecule has 3 nitrogen and oxygen atoms in total. The van der Waals surface area contributed by atoms with Crippen molar-refractivity contribution in [3.63, 3.8) is 0 Å². The number of aromatic nitrogens is 1. The number of halogens is 4. The highest BCUT2D eigenvalue weighted by atomic mass is 127. The van der Waals surface area contributed by atoms with E-state index in [9.17, 15) is 13.6 Å². The highest BCUT2D eigenvalue weighted by molar-refractivity contribution is 14.1. The number of nitrogens with zero attached hydrogens (tertiary/aromatic N) is 1. The highest BCUT2D eigenvalue weighted by Crippen LogP contribution is 2.30. The van der Waals surface area contributed by atoms with Gasteiger partial charge in [-0.05, 0) is 35.6 Å². The number of ether oxygens (including phenoxy) is 1. The van der Waals surface area contributed by atoms with Crippen LogP contribution in [0.1, 0.15) is 29.4 Å². The van der Waals surface area contributed by atoms with Gasteiger partial charge in [0, 0.05) is 0 Å². The van der Waals surface area contributed by atoms with E-state index in [0.29, 0.717) is 3.70 Å². The molecule has 88 valence electrons. The van der Waals surface area contributed by atoms with Crippen molar-refractivity contribution in [1.29, 1.82) is 0 Å². The van der Waals surface area contributed by atoms with Crippen LogP contribution < -0.4 is 0 Å². The Kier molecular flexibility index (Phi) is 4.85. The minimum atomic E-state index is -2.86. The Morgan fingerprint density at radius 3 is 2.81 bits per heavy atom. The standard InChI is InChI=1S/C9H7ClF2INO2/c1-2-16-9(15)7-6(8(11)12)4(10)3-5(13)14-7/h3,8H,2H2,1H3. The van der Waals surface area contributed by atoms with Crippen molar-refractivity contribution in [2.75, 3.05) is 6.61 Å². The smallest absolute Gasteiger partial charge is 0.357 e. The first-order chi connectivity index (χ1) is 7.47. The largest absolute Gasteiger partial charge is 0.461 e. The SMILES string of the molecule is CCOC(=O)c1nc(I)cc(Cl)c1C(F)F. The van der Waals surface area contributed by atoms with Crippen LogP contribution in [0, 0.1) is 3.70 Å². The van der Waals surface area contributed by atoms with E-state index in [1.807, 2.05) is 0 Å². The first-order valence-electron chi connectivity index (χ1n) is 4.28. The van der Waals surface area contributed by atoms with Crippen LogP contribution >= 0.6 is 34.2 Å². The Labute approximate surface area is 109 Å². The topological polar surface area (TPSA) is 39.2 Å². The minimum absolute atomic E-state index is 0.0896. The molecule has 0 amide bonds. The lowest BCUT2D eigenvalue weighted by molar-refractivity contribution is 0.0507. The molecule has 7 heteroatoms. The molecule has 1 aromatic heterocycles. The van der Waals surface area contributed by atoms with Crippen molar-refractivity contribution in [2.45, 2.75) is 13.3 Å². The summed E-state index contributed by atoms with van der Waals surface area (Å²) in [6, 6.07) is 1.27. The van der Waals surface area contributed by atoms with Crippen molar-refractivity contribution in [3.05, 3.63) is 26.0 Å². The molecule has 0 fully saturated rings. The number of rotatable bonds is 3. The lowest BCUT2D eigenvalue weighted by atomic mass is 10.2. The fraction of sp³-hybridized carbons (Fsp3) is 0.333. The number of carbonyl (C=O) groups is 1. The molecule has 16 heavy (non-hydrogen) atoms. The quantitative estimate of drug-likeness (QED) is 0.470. The zero-order chi connectivity index (χ0) is 12.3. The predicted molar refractivity (Wildman–Crippen MR) is 62.9 cm³/mol. The van der Waals surface area contributed by atoms with Crippen LogP contribution in [-0.2, 0) is 4.74 Å². The first kappa shape index (κ1) is 13.6. The van der Waals surface area contributed by atoms with Crippen LogP contribution in [0.15, 0.2) is 6.07 Å². The van der Waals surface area contributed by atoms with Crippen molar-refractivity contribution in [1.82, 2.24) is 4.98 Å². The molecule has 0 aromatic carbocycles. The third-order valence-electron chi connectivity index (χ3n) is 1.66. The predicted octanol–water partition coefficient (Wildman–Crippen LogP) is 3.45. The highest BCUT2D eigenvalue weighted by Gasteiger charge is 2.24. The summed E-state index contributed by atoms with van der Waals surface area (Å²) in [6.07, 6.45) is -2.86. The molecule has 1 rings (SSSR count). The van der Waals surface area contributed by atoms with Crippen molar-refractivity contribution in [2.24, 2.45) is 0 Å². The molecule has 0 bridgehead atoms. The summed E-state index contributed by atoms with van der Waals surface area (Å²) in [7, 11) is 0. The summed E-state index contributed by atoms with van der Waals surface area (Å²) >= 11 is 7.43. The molecule has 0 unspecified atom stereocenters. The second kappa shape index (κ2) is 5.72. The van der Waals surface area contributed by atoms with E-state index in [1.54, 1.807) is 29.5 Å². The Morgan fingerprint density at radius 1 is 1.69 bits per heavy atom. The van der Waals surface area contributed by atoms with Gasteiger partial charge in [0.15, 0.2) is 5.69 Å². The summed E-state index contributed by atoms with van der Waals surface area (Å²) in [6.45, 7) is 1.67. The zero-order valence-electron chi connectivity index (χ0n) is 8.14. The van der Waals surface area contributed by atoms with Gasteiger partial charge in [-0.15, -0.1) is 0 Å². The van der Waals surface area contributed by atoms with E-state index < -0.39 is 23.7 Å². The average molecular weight is 362 g/mol.